The molecule has 0 unspecified atom stereocenters. The molecule has 1 aromatic rings. The van der Waals surface area contributed by atoms with Gasteiger partial charge in [0.2, 0.25) is 0 Å². The molecule has 0 spiro atoms. The van der Waals surface area contributed by atoms with Gasteiger partial charge >= 0.3 is 11.9 Å². The minimum absolute atomic E-state index is 0.253. The van der Waals surface area contributed by atoms with Crippen LogP contribution in [0.3, 0.4) is 0 Å². The highest BCUT2D eigenvalue weighted by molar-refractivity contribution is 6.27. The van der Waals surface area contributed by atoms with E-state index < -0.39 is 11.9 Å². The van der Waals surface area contributed by atoms with Crippen LogP contribution in [0.15, 0.2) is 6.07 Å². The highest BCUT2D eigenvalue weighted by Crippen LogP contribution is 2.17. The fourth-order valence-electron chi connectivity index (χ4n) is 3.02. The molecule has 1 aliphatic rings. The molecule has 2 heterocycles. The van der Waals surface area contributed by atoms with E-state index in [9.17, 15) is 4.79 Å². The van der Waals surface area contributed by atoms with E-state index in [0.717, 1.165) is 36.6 Å². The van der Waals surface area contributed by atoms with Gasteiger partial charge in [0, 0.05) is 30.6 Å². The minimum Gasteiger partial charge on any atom is -0.473 e. The number of hydrogen-bond acceptors (Lipinski definition) is 5. The van der Waals surface area contributed by atoms with Crippen LogP contribution in [0.4, 0.5) is 0 Å². The Bertz CT molecular complexity index is 620. The van der Waals surface area contributed by atoms with Crippen LogP contribution >= 0.6 is 0 Å². The largest absolute Gasteiger partial charge is 0.473 e. The summed E-state index contributed by atoms with van der Waals surface area (Å²) in [6.45, 7) is 8.27. The molecule has 26 heavy (non-hydrogen) atoms. The third-order valence-corrected chi connectivity index (χ3v) is 4.39. The molecule has 1 fully saturated rings. The first kappa shape index (κ1) is 21.9. The van der Waals surface area contributed by atoms with Gasteiger partial charge in [-0.05, 0) is 45.8 Å². The molecular weight excluding hydrogens is 340 g/mol. The van der Waals surface area contributed by atoms with Crippen LogP contribution in [0.1, 0.15) is 41.0 Å². The van der Waals surface area contributed by atoms with E-state index in [1.165, 1.54) is 19.3 Å². The number of methoxy groups -OCH3 is 1. The summed E-state index contributed by atoms with van der Waals surface area (Å²) in [6, 6.07) is 2.03. The molecule has 0 saturated carbocycles. The normalized spacial score (nSPS) is 14.4. The van der Waals surface area contributed by atoms with E-state index >= 15 is 0 Å². The first-order chi connectivity index (χ1) is 12.3. The molecule has 2 rings (SSSR count). The summed E-state index contributed by atoms with van der Waals surface area (Å²) in [6.07, 6.45) is 3.75. The second kappa shape index (κ2) is 10.7. The second-order valence-electron chi connectivity index (χ2n) is 6.30. The number of nitrogens with zero attached hydrogens (tertiary/aromatic N) is 2. The van der Waals surface area contributed by atoms with E-state index in [1.54, 1.807) is 7.11 Å². The van der Waals surface area contributed by atoms with Crippen LogP contribution in [-0.2, 0) is 20.9 Å². The zero-order valence-corrected chi connectivity index (χ0v) is 15.7. The summed E-state index contributed by atoms with van der Waals surface area (Å²) in [7, 11) is 1.70. The van der Waals surface area contributed by atoms with Crippen LogP contribution < -0.4 is 0 Å². The lowest BCUT2D eigenvalue weighted by Crippen LogP contribution is -2.34. The van der Waals surface area contributed by atoms with E-state index in [2.05, 4.69) is 16.4 Å². The lowest BCUT2D eigenvalue weighted by Gasteiger charge is -2.25. The number of hydrogen-bond donors (Lipinski definition) is 2. The summed E-state index contributed by atoms with van der Waals surface area (Å²) in [5.74, 6) is -3.39. The number of aromatic nitrogens is 1. The number of Topliss-reactive ketones (excluding diaryl/α,β-unsaturated/α-hetero) is 1. The van der Waals surface area contributed by atoms with E-state index in [4.69, 9.17) is 24.5 Å². The number of piperidine rings is 1. The molecule has 146 valence electrons. The molecule has 0 atom stereocenters. The molecule has 0 amide bonds. The Labute approximate surface area is 153 Å². The van der Waals surface area contributed by atoms with Crippen LogP contribution in [0.25, 0.3) is 0 Å². The van der Waals surface area contributed by atoms with Crippen LogP contribution in [0, 0.1) is 13.8 Å². The predicted octanol–water partition coefficient (Wildman–Crippen LogP) is 1.58. The monoisotopic (exact) mass is 368 g/mol. The maximum absolute atomic E-state index is 12.5. The van der Waals surface area contributed by atoms with Gasteiger partial charge in [-0.25, -0.2) is 9.59 Å². The first-order valence-corrected chi connectivity index (χ1v) is 8.65. The number of carbonyl (C=O) groups excluding carboxylic acids is 1. The van der Waals surface area contributed by atoms with E-state index in [-0.39, 0.29) is 5.78 Å². The molecule has 0 aromatic carbocycles. The molecule has 1 aromatic heterocycles. The quantitative estimate of drug-likeness (QED) is 0.579. The SMILES string of the molecule is COCCn1c(C)cc(C(=O)CN2CCCCC2)c1C.O=C(O)C(=O)O. The topological polar surface area (TPSA) is 109 Å². The number of ketones is 1. The van der Waals surface area contributed by atoms with Crippen molar-refractivity contribution in [1.29, 1.82) is 0 Å². The number of rotatable bonds is 6. The maximum atomic E-state index is 12.5. The molecule has 0 radical (unpaired) electrons. The molecule has 8 heteroatoms. The highest BCUT2D eigenvalue weighted by Gasteiger charge is 2.19. The smallest absolute Gasteiger partial charge is 0.414 e. The highest BCUT2D eigenvalue weighted by atomic mass is 16.5. The summed E-state index contributed by atoms with van der Waals surface area (Å²) in [4.78, 5) is 33.0. The van der Waals surface area contributed by atoms with E-state index in [0.29, 0.717) is 13.2 Å². The van der Waals surface area contributed by atoms with Gasteiger partial charge in [-0.1, -0.05) is 6.42 Å². The molecule has 1 saturated heterocycles. The van der Waals surface area contributed by atoms with Crippen molar-refractivity contribution in [2.75, 3.05) is 33.4 Å². The van der Waals surface area contributed by atoms with Gasteiger partial charge in [0.05, 0.1) is 13.2 Å². The van der Waals surface area contributed by atoms with Crippen molar-refractivity contribution in [3.63, 3.8) is 0 Å². The van der Waals surface area contributed by atoms with Crippen molar-refractivity contribution in [2.45, 2.75) is 39.7 Å². The van der Waals surface area contributed by atoms with Gasteiger partial charge in [0.1, 0.15) is 0 Å². The molecule has 1 aliphatic heterocycles. The molecule has 0 aliphatic carbocycles. The third-order valence-electron chi connectivity index (χ3n) is 4.39. The van der Waals surface area contributed by atoms with Crippen LogP contribution in [0.5, 0.6) is 0 Å². The van der Waals surface area contributed by atoms with Crippen LogP contribution in [0.2, 0.25) is 0 Å². The fourth-order valence-corrected chi connectivity index (χ4v) is 3.02. The van der Waals surface area contributed by atoms with Crippen molar-refractivity contribution in [1.82, 2.24) is 9.47 Å². The average Bonchev–Trinajstić information content (AvgIpc) is 2.88. The van der Waals surface area contributed by atoms with Gasteiger partial charge in [0.25, 0.3) is 0 Å². The fraction of sp³-hybridized carbons (Fsp3) is 0.611. The second-order valence-corrected chi connectivity index (χ2v) is 6.30. The summed E-state index contributed by atoms with van der Waals surface area (Å²) in [5.41, 5.74) is 3.09. The van der Waals surface area contributed by atoms with Gasteiger partial charge in [-0.2, -0.15) is 0 Å². The Morgan fingerprint density at radius 3 is 2.15 bits per heavy atom. The van der Waals surface area contributed by atoms with Crippen molar-refractivity contribution in [3.8, 4) is 0 Å². The number of aliphatic carboxylic acids is 2. The number of carboxylic acids is 2. The molecular formula is C18H28N2O6. The van der Waals surface area contributed by atoms with Crippen molar-refractivity contribution in [2.24, 2.45) is 0 Å². The summed E-state index contributed by atoms with van der Waals surface area (Å²) >= 11 is 0. The molecule has 2 N–H and O–H groups in total. The number of carboxylic acid groups (broad SMARTS) is 2. The summed E-state index contributed by atoms with van der Waals surface area (Å²) in [5, 5.41) is 14.8. The van der Waals surface area contributed by atoms with Crippen LogP contribution in [-0.4, -0.2) is 70.8 Å². The van der Waals surface area contributed by atoms with E-state index in [1.807, 2.05) is 13.0 Å². The van der Waals surface area contributed by atoms with Gasteiger partial charge < -0.3 is 19.5 Å². The standard InChI is InChI=1S/C16H26N2O2.C2H2O4/c1-13-11-15(14(2)18(13)9-10-20-3)16(19)12-17-7-5-4-6-8-17;3-1(4)2(5)6/h11H,4-10,12H2,1-3H3;(H,3,4)(H,5,6). The number of carbonyl (C=O) groups is 3. The lowest BCUT2D eigenvalue weighted by molar-refractivity contribution is -0.159. The third kappa shape index (κ3) is 6.61. The Hall–Kier alpha value is -2.19. The number of likely N-dealkylation sites (tertiary alicyclic amines) is 1. The van der Waals surface area contributed by atoms with Gasteiger partial charge in [0.15, 0.2) is 5.78 Å². The zero-order valence-electron chi connectivity index (χ0n) is 15.7. The van der Waals surface area contributed by atoms with Gasteiger partial charge in [-0.15, -0.1) is 0 Å². The minimum atomic E-state index is -1.82. The van der Waals surface area contributed by atoms with Crippen molar-refractivity contribution < 1.29 is 29.3 Å². The average molecular weight is 368 g/mol. The maximum Gasteiger partial charge on any atom is 0.414 e. The van der Waals surface area contributed by atoms with Crippen molar-refractivity contribution >= 4 is 17.7 Å². The predicted molar refractivity (Wildman–Crippen MR) is 95.7 cm³/mol. The molecule has 8 nitrogen and oxygen atoms in total. The first-order valence-electron chi connectivity index (χ1n) is 8.65. The number of ether oxygens (including phenoxy) is 1. The Balaban J connectivity index is 0.000000487. The summed E-state index contributed by atoms with van der Waals surface area (Å²) < 4.78 is 7.31. The molecule has 0 bridgehead atoms. The Morgan fingerprint density at radius 1 is 1.08 bits per heavy atom. The lowest BCUT2D eigenvalue weighted by atomic mass is 10.1. The van der Waals surface area contributed by atoms with Crippen molar-refractivity contribution in [3.05, 3.63) is 23.0 Å². The number of aryl methyl sites for hydroxylation is 1. The Kier molecular flexibility index (Phi) is 9.01. The Morgan fingerprint density at radius 2 is 1.65 bits per heavy atom. The van der Waals surface area contributed by atoms with Gasteiger partial charge in [-0.3, -0.25) is 9.69 Å². The zero-order chi connectivity index (χ0) is 19.7.